The maximum atomic E-state index is 13.2. The van der Waals surface area contributed by atoms with Crippen molar-refractivity contribution >= 4 is 0 Å². The Kier molecular flexibility index (Phi) is 9.02. The van der Waals surface area contributed by atoms with E-state index in [1.165, 1.54) is 11.0 Å². The quantitative estimate of drug-likeness (QED) is 0.290. The van der Waals surface area contributed by atoms with E-state index in [0.717, 1.165) is 0 Å². The van der Waals surface area contributed by atoms with E-state index in [1.54, 1.807) is 0 Å². The standard InChI is InChI=1S/C20H12F12IN2O2/c1-33-37-16(9-4-13(19(27,28)29)35-14(5-9)20(30,31)32)12(7-34)15(36)8-2-10(17(21,22)23)6-11(3-8)18(24,25)26/h2-6,12,15-16,36H,1H3/q-1. The third-order valence-corrected chi connectivity index (χ3v) is 5.77. The molecule has 0 aliphatic carbocycles. The van der Waals surface area contributed by atoms with Crippen molar-refractivity contribution in [3.05, 3.63) is 64.0 Å². The summed E-state index contributed by atoms with van der Waals surface area (Å²) in [6.07, 6.45) is -26.2. The first kappa shape index (κ1) is 30.9. The molecule has 37 heavy (non-hydrogen) atoms. The van der Waals surface area contributed by atoms with Gasteiger partial charge in [-0.3, -0.25) is 0 Å². The molecule has 0 bridgehead atoms. The molecular weight excluding hydrogens is 655 g/mol. The predicted octanol–water partition coefficient (Wildman–Crippen LogP) is 3.72. The molecule has 3 atom stereocenters. The Bertz CT molecular complexity index is 1090. The minimum atomic E-state index is -5.41. The Balaban J connectivity index is 2.73. The van der Waals surface area contributed by atoms with E-state index in [0.29, 0.717) is 0 Å². The minimum absolute atomic E-state index is 0.0805. The molecule has 1 N–H and O–H groups in total. The van der Waals surface area contributed by atoms with Crippen LogP contribution in [0.15, 0.2) is 30.3 Å². The predicted molar refractivity (Wildman–Crippen MR) is 94.5 cm³/mol. The third-order valence-electron chi connectivity index (χ3n) is 4.71. The molecule has 3 unspecified atom stereocenters. The van der Waals surface area contributed by atoms with Crippen LogP contribution in [0.3, 0.4) is 0 Å². The number of halogens is 13. The average Bonchev–Trinajstić information content (AvgIpc) is 2.75. The number of hydrogen-bond acceptors (Lipinski definition) is 4. The Hall–Kier alpha value is -2.33. The van der Waals surface area contributed by atoms with Gasteiger partial charge in [-0.25, -0.2) is 0 Å². The molecule has 0 fully saturated rings. The van der Waals surface area contributed by atoms with Crippen molar-refractivity contribution in [1.82, 2.24) is 4.98 Å². The molecular formula is C20H12F12IN2O2-. The van der Waals surface area contributed by atoms with Crippen LogP contribution in [-0.2, 0) is 27.8 Å². The molecule has 0 aliphatic rings. The molecule has 206 valence electrons. The van der Waals surface area contributed by atoms with Crippen molar-refractivity contribution in [2.75, 3.05) is 4.93 Å². The van der Waals surface area contributed by atoms with Gasteiger partial charge in [0.25, 0.3) is 0 Å². The number of alkyl halides is 13. The summed E-state index contributed by atoms with van der Waals surface area (Å²) in [4.78, 5) is 3.79. The molecule has 0 saturated heterocycles. The number of nitriles is 1. The fraction of sp³-hybridized carbons (Fsp3) is 0.400. The van der Waals surface area contributed by atoms with Crippen LogP contribution in [0, 0.1) is 17.2 Å². The van der Waals surface area contributed by atoms with E-state index < -0.39 is 98.1 Å². The third kappa shape index (κ3) is 7.60. The van der Waals surface area contributed by atoms with Crippen LogP contribution in [0.25, 0.3) is 0 Å². The molecule has 4 nitrogen and oxygen atoms in total. The van der Waals surface area contributed by atoms with E-state index in [9.17, 15) is 63.1 Å². The van der Waals surface area contributed by atoms with Gasteiger partial charge in [-0.1, -0.05) is 0 Å². The number of aromatic nitrogens is 1. The second-order valence-corrected chi connectivity index (χ2v) is 8.66. The monoisotopic (exact) mass is 667 g/mol. The van der Waals surface area contributed by atoms with Gasteiger partial charge in [-0.15, -0.1) is 0 Å². The van der Waals surface area contributed by atoms with E-state index in [1.807, 2.05) is 0 Å². The molecule has 1 heterocycles. The van der Waals surface area contributed by atoms with Gasteiger partial charge < -0.3 is 0 Å². The van der Waals surface area contributed by atoms with Crippen molar-refractivity contribution < 1.29 is 82.5 Å². The van der Waals surface area contributed by atoms with Gasteiger partial charge >= 0.3 is 211 Å². The first-order chi connectivity index (χ1) is 16.7. The van der Waals surface area contributed by atoms with Crippen LogP contribution in [0.5, 0.6) is 0 Å². The summed E-state index contributed by atoms with van der Waals surface area (Å²) in [5, 5.41) is 20.1. The van der Waals surface area contributed by atoms with Crippen molar-refractivity contribution in [2.45, 2.75) is 36.9 Å². The maximum absolute atomic E-state index is 13.2. The zero-order valence-electron chi connectivity index (χ0n) is 17.8. The van der Waals surface area contributed by atoms with E-state index in [2.05, 4.69) is 4.98 Å². The summed E-state index contributed by atoms with van der Waals surface area (Å²) >= 11 is -1.53. The van der Waals surface area contributed by atoms with Crippen molar-refractivity contribution in [1.29, 1.82) is 5.26 Å². The average molecular weight is 667 g/mol. The van der Waals surface area contributed by atoms with Crippen LogP contribution in [0.1, 0.15) is 45.8 Å². The van der Waals surface area contributed by atoms with Gasteiger partial charge in [-0.2, -0.15) is 0 Å². The first-order valence-electron chi connectivity index (χ1n) is 9.38. The topological polar surface area (TPSA) is 66.1 Å². The number of nitrogens with zero attached hydrogens (tertiary/aromatic N) is 2. The molecule has 17 heteroatoms. The van der Waals surface area contributed by atoms with Crippen LogP contribution < -0.4 is 21.6 Å². The van der Waals surface area contributed by atoms with Crippen LogP contribution >= 0.6 is 0 Å². The molecule has 1 aromatic heterocycles. The van der Waals surface area contributed by atoms with E-state index >= 15 is 0 Å². The Morgan fingerprint density at radius 1 is 0.757 bits per heavy atom. The number of hydrogen-bond donors (Lipinski definition) is 1. The summed E-state index contributed by atoms with van der Waals surface area (Å²) in [6.45, 7) is 0. The summed E-state index contributed by atoms with van der Waals surface area (Å²) in [5.74, 6) is -2.23. The Morgan fingerprint density at radius 2 is 1.19 bits per heavy atom. The molecule has 0 aliphatic heterocycles. The van der Waals surface area contributed by atoms with Gasteiger partial charge in [0.1, 0.15) is 0 Å². The van der Waals surface area contributed by atoms with E-state index in [-0.39, 0.29) is 30.3 Å². The Morgan fingerprint density at radius 3 is 1.51 bits per heavy atom. The number of rotatable bonds is 6. The van der Waals surface area contributed by atoms with Gasteiger partial charge in [0, 0.05) is 0 Å². The number of benzene rings is 1. The van der Waals surface area contributed by atoms with Gasteiger partial charge in [0.05, 0.1) is 0 Å². The normalized spacial score (nSPS) is 15.8. The number of aliphatic hydroxyl groups excluding tert-OH is 1. The summed E-state index contributed by atoms with van der Waals surface area (Å²) < 4.78 is 164. The second kappa shape index (κ2) is 10.8. The SMILES string of the molecule is C[I-]OC(c1cc(C(F)(F)F)nc(C(F)(F)F)c1)C(C#N)C(O)c1cc(C(F)(F)F)cc(C(F)(F)F)c1. The van der Waals surface area contributed by atoms with Crippen molar-refractivity contribution in [3.63, 3.8) is 0 Å². The zero-order valence-corrected chi connectivity index (χ0v) is 19.9. The molecule has 2 rings (SSSR count). The Labute approximate surface area is 210 Å². The zero-order chi connectivity index (χ0) is 28.6. The van der Waals surface area contributed by atoms with E-state index in [4.69, 9.17) is 3.07 Å². The number of aliphatic hydroxyl groups is 1. The molecule has 0 spiro atoms. The van der Waals surface area contributed by atoms with Gasteiger partial charge in [0.15, 0.2) is 0 Å². The molecule has 0 saturated carbocycles. The summed E-state index contributed by atoms with van der Waals surface area (Å²) in [6, 6.07) is 1.38. The first-order valence-corrected chi connectivity index (χ1v) is 12.4. The molecule has 1 aromatic carbocycles. The summed E-state index contributed by atoms with van der Waals surface area (Å²) in [7, 11) is 0. The van der Waals surface area contributed by atoms with Gasteiger partial charge in [0.2, 0.25) is 0 Å². The van der Waals surface area contributed by atoms with Crippen LogP contribution in [-0.4, -0.2) is 15.0 Å². The van der Waals surface area contributed by atoms with Gasteiger partial charge in [-0.05, 0) is 0 Å². The fourth-order valence-electron chi connectivity index (χ4n) is 3.08. The fourth-order valence-corrected chi connectivity index (χ4v) is 4.24. The molecule has 2 aromatic rings. The van der Waals surface area contributed by atoms with Crippen molar-refractivity contribution in [2.24, 2.45) is 5.92 Å². The second-order valence-electron chi connectivity index (χ2n) is 7.27. The molecule has 0 radical (unpaired) electrons. The number of pyridine rings is 1. The summed E-state index contributed by atoms with van der Waals surface area (Å²) in [5.41, 5.74) is -9.91. The van der Waals surface area contributed by atoms with Crippen molar-refractivity contribution in [3.8, 4) is 6.07 Å². The van der Waals surface area contributed by atoms with Crippen LogP contribution in [0.4, 0.5) is 52.7 Å². The molecule has 0 amide bonds. The van der Waals surface area contributed by atoms with Crippen LogP contribution in [0.2, 0.25) is 0 Å².